The van der Waals surface area contributed by atoms with Gasteiger partial charge in [0.05, 0.1) is 35.6 Å². The van der Waals surface area contributed by atoms with Gasteiger partial charge in [-0.05, 0) is 33.9 Å². The normalized spacial score (nSPS) is 12.8. The van der Waals surface area contributed by atoms with Gasteiger partial charge in [-0.1, -0.05) is 13.0 Å². The number of nitrogens with one attached hydrogen (secondary N) is 1. The van der Waals surface area contributed by atoms with Crippen molar-refractivity contribution in [1.82, 2.24) is 15.1 Å². The molecule has 2 rings (SSSR count). The zero-order valence-electron chi connectivity index (χ0n) is 11.8. The Kier molecular flexibility index (Phi) is 6.22. The van der Waals surface area contributed by atoms with E-state index in [1.54, 1.807) is 18.4 Å². The molecule has 2 aromatic rings. The number of thiophene rings is 1. The first kappa shape index (κ1) is 15.7. The molecule has 0 aliphatic heterocycles. The van der Waals surface area contributed by atoms with E-state index in [0.717, 1.165) is 24.0 Å². The van der Waals surface area contributed by atoms with Crippen LogP contribution >= 0.6 is 27.3 Å². The average molecular weight is 358 g/mol. The Morgan fingerprint density at radius 3 is 3.05 bits per heavy atom. The van der Waals surface area contributed by atoms with E-state index in [4.69, 9.17) is 4.74 Å². The van der Waals surface area contributed by atoms with Crippen molar-refractivity contribution >= 4 is 27.3 Å². The maximum atomic E-state index is 5.16. The Morgan fingerprint density at radius 1 is 1.55 bits per heavy atom. The van der Waals surface area contributed by atoms with Gasteiger partial charge in [0.1, 0.15) is 0 Å². The Bertz CT molecular complexity index is 512. The van der Waals surface area contributed by atoms with Crippen molar-refractivity contribution in [3.8, 4) is 0 Å². The molecule has 20 heavy (non-hydrogen) atoms. The molecule has 110 valence electrons. The third-order valence-electron chi connectivity index (χ3n) is 3.11. The van der Waals surface area contributed by atoms with Crippen LogP contribution < -0.4 is 5.32 Å². The van der Waals surface area contributed by atoms with Crippen LogP contribution in [0.25, 0.3) is 0 Å². The highest BCUT2D eigenvalue weighted by Crippen LogP contribution is 2.27. The summed E-state index contributed by atoms with van der Waals surface area (Å²) in [7, 11) is 1.71. The summed E-state index contributed by atoms with van der Waals surface area (Å²) < 4.78 is 8.24. The van der Waals surface area contributed by atoms with Crippen molar-refractivity contribution in [2.24, 2.45) is 0 Å². The molecule has 4 nitrogen and oxygen atoms in total. The van der Waals surface area contributed by atoms with Crippen molar-refractivity contribution < 1.29 is 4.74 Å². The first-order chi connectivity index (χ1) is 9.76. The molecule has 0 amide bonds. The van der Waals surface area contributed by atoms with Gasteiger partial charge in [0.15, 0.2) is 0 Å². The predicted molar refractivity (Wildman–Crippen MR) is 86.2 cm³/mol. The Labute approximate surface area is 132 Å². The summed E-state index contributed by atoms with van der Waals surface area (Å²) in [6, 6.07) is 4.53. The van der Waals surface area contributed by atoms with Crippen molar-refractivity contribution in [3.63, 3.8) is 0 Å². The van der Waals surface area contributed by atoms with Crippen molar-refractivity contribution in [3.05, 3.63) is 38.8 Å². The Balaban J connectivity index is 2.21. The van der Waals surface area contributed by atoms with Crippen LogP contribution in [0.2, 0.25) is 0 Å². The summed E-state index contributed by atoms with van der Waals surface area (Å²) in [6.45, 7) is 4.49. The number of likely N-dealkylation sites (N-methyl/N-ethyl adjacent to an activating group) is 1. The SMILES string of the molecule is CCNC(Cc1cccs1)c1c(Br)cnn1CCOC. The molecule has 0 aliphatic rings. The molecule has 0 aromatic carbocycles. The summed E-state index contributed by atoms with van der Waals surface area (Å²) in [5.74, 6) is 0. The van der Waals surface area contributed by atoms with Crippen LogP contribution in [0.4, 0.5) is 0 Å². The van der Waals surface area contributed by atoms with Gasteiger partial charge in [-0.3, -0.25) is 4.68 Å². The first-order valence-corrected chi connectivity index (χ1v) is 8.39. The second-order valence-corrected chi connectivity index (χ2v) is 6.37. The van der Waals surface area contributed by atoms with Gasteiger partial charge in [0.25, 0.3) is 0 Å². The topological polar surface area (TPSA) is 39.1 Å². The van der Waals surface area contributed by atoms with E-state index >= 15 is 0 Å². The minimum atomic E-state index is 0.257. The van der Waals surface area contributed by atoms with Crippen LogP contribution in [0.5, 0.6) is 0 Å². The van der Waals surface area contributed by atoms with Gasteiger partial charge >= 0.3 is 0 Å². The van der Waals surface area contributed by atoms with Gasteiger partial charge in [-0.25, -0.2) is 0 Å². The lowest BCUT2D eigenvalue weighted by Gasteiger charge is -2.19. The standard InChI is InChI=1S/C14H20BrN3OS/c1-3-16-13(9-11-5-4-8-20-11)14-12(15)10-17-18(14)6-7-19-2/h4-5,8,10,13,16H,3,6-7,9H2,1-2H3. The van der Waals surface area contributed by atoms with E-state index < -0.39 is 0 Å². The van der Waals surface area contributed by atoms with Crippen LogP contribution in [0.3, 0.4) is 0 Å². The lowest BCUT2D eigenvalue weighted by atomic mass is 10.1. The molecule has 6 heteroatoms. The van der Waals surface area contributed by atoms with E-state index in [1.807, 2.05) is 10.9 Å². The second kappa shape index (κ2) is 7.93. The fourth-order valence-corrected chi connectivity index (χ4v) is 3.54. The van der Waals surface area contributed by atoms with E-state index in [0.29, 0.717) is 6.61 Å². The van der Waals surface area contributed by atoms with Crippen LogP contribution in [0.15, 0.2) is 28.2 Å². The largest absolute Gasteiger partial charge is 0.383 e. The second-order valence-electron chi connectivity index (χ2n) is 4.49. The number of rotatable bonds is 8. The average Bonchev–Trinajstić information content (AvgIpc) is 3.06. The Morgan fingerprint density at radius 2 is 2.40 bits per heavy atom. The zero-order chi connectivity index (χ0) is 14.4. The van der Waals surface area contributed by atoms with E-state index in [1.165, 1.54) is 10.6 Å². The molecule has 2 heterocycles. The number of hydrogen-bond acceptors (Lipinski definition) is 4. The first-order valence-electron chi connectivity index (χ1n) is 6.72. The highest BCUT2D eigenvalue weighted by Gasteiger charge is 2.20. The van der Waals surface area contributed by atoms with Crippen LogP contribution in [0, 0.1) is 0 Å². The van der Waals surface area contributed by atoms with E-state index in [2.05, 4.69) is 50.8 Å². The molecule has 0 spiro atoms. The molecule has 0 aliphatic carbocycles. The molecule has 0 saturated carbocycles. The maximum absolute atomic E-state index is 5.16. The van der Waals surface area contributed by atoms with Crippen LogP contribution in [-0.4, -0.2) is 30.0 Å². The molecule has 1 atom stereocenters. The maximum Gasteiger partial charge on any atom is 0.0700 e. The van der Waals surface area contributed by atoms with Crippen molar-refractivity contribution in [2.75, 3.05) is 20.3 Å². The zero-order valence-corrected chi connectivity index (χ0v) is 14.2. The highest BCUT2D eigenvalue weighted by molar-refractivity contribution is 9.10. The number of ether oxygens (including phenoxy) is 1. The fraction of sp³-hybridized carbons (Fsp3) is 0.500. The number of hydrogen-bond donors (Lipinski definition) is 1. The number of nitrogens with zero attached hydrogens (tertiary/aromatic N) is 2. The van der Waals surface area contributed by atoms with E-state index in [9.17, 15) is 0 Å². The lowest BCUT2D eigenvalue weighted by molar-refractivity contribution is 0.181. The summed E-state index contributed by atoms with van der Waals surface area (Å²) >= 11 is 5.42. The van der Waals surface area contributed by atoms with Gasteiger partial charge < -0.3 is 10.1 Å². The molecule has 0 fully saturated rings. The number of aromatic nitrogens is 2. The highest BCUT2D eigenvalue weighted by atomic mass is 79.9. The number of halogens is 1. The molecular formula is C14H20BrN3OS. The molecule has 1 unspecified atom stereocenters. The summed E-state index contributed by atoms with van der Waals surface area (Å²) in [6.07, 6.45) is 2.84. The third-order valence-corrected chi connectivity index (χ3v) is 4.62. The smallest absolute Gasteiger partial charge is 0.0700 e. The number of methoxy groups -OCH3 is 1. The fourth-order valence-electron chi connectivity index (χ4n) is 2.22. The summed E-state index contributed by atoms with van der Waals surface area (Å²) in [5.41, 5.74) is 1.19. The Hall–Kier alpha value is -0.690. The third kappa shape index (κ3) is 3.91. The minimum Gasteiger partial charge on any atom is -0.383 e. The van der Waals surface area contributed by atoms with Gasteiger partial charge in [-0.15, -0.1) is 11.3 Å². The van der Waals surface area contributed by atoms with Crippen LogP contribution in [-0.2, 0) is 17.7 Å². The van der Waals surface area contributed by atoms with Gasteiger partial charge in [-0.2, -0.15) is 5.10 Å². The molecule has 0 radical (unpaired) electrons. The molecule has 2 aromatic heterocycles. The minimum absolute atomic E-state index is 0.257. The van der Waals surface area contributed by atoms with Gasteiger partial charge in [0.2, 0.25) is 0 Å². The summed E-state index contributed by atoms with van der Waals surface area (Å²) in [4.78, 5) is 1.38. The molecule has 0 saturated heterocycles. The lowest BCUT2D eigenvalue weighted by Crippen LogP contribution is -2.26. The van der Waals surface area contributed by atoms with E-state index in [-0.39, 0.29) is 6.04 Å². The van der Waals surface area contributed by atoms with Crippen molar-refractivity contribution in [1.29, 1.82) is 0 Å². The monoisotopic (exact) mass is 357 g/mol. The summed E-state index contributed by atoms with van der Waals surface area (Å²) in [5, 5.41) is 10.1. The molecule has 1 N–H and O–H groups in total. The van der Waals surface area contributed by atoms with Crippen LogP contribution in [0.1, 0.15) is 23.5 Å². The quantitative estimate of drug-likeness (QED) is 0.787. The van der Waals surface area contributed by atoms with Crippen molar-refractivity contribution in [2.45, 2.75) is 25.9 Å². The molecule has 0 bridgehead atoms. The van der Waals surface area contributed by atoms with Gasteiger partial charge in [0, 0.05) is 18.4 Å². The molecular weight excluding hydrogens is 338 g/mol. The predicted octanol–water partition coefficient (Wildman–Crippen LogP) is 3.25.